The molecule has 1 rings (SSSR count). The summed E-state index contributed by atoms with van der Waals surface area (Å²) < 4.78 is 27.3. The van der Waals surface area contributed by atoms with Crippen LogP contribution in [-0.4, -0.2) is 24.7 Å². The maximum Gasteiger partial charge on any atom is 0.268 e. The van der Waals surface area contributed by atoms with Crippen molar-refractivity contribution in [2.45, 2.75) is 0 Å². The molecule has 0 amide bonds. The zero-order valence-corrected chi connectivity index (χ0v) is 9.42. The van der Waals surface area contributed by atoms with Crippen molar-refractivity contribution in [1.29, 1.82) is 0 Å². The lowest BCUT2D eigenvalue weighted by atomic mass is 10.5. The molecule has 82 valence electrons. The molecule has 6 heteroatoms. The fraction of sp³-hybridized carbons (Fsp3) is 0.111. The minimum absolute atomic E-state index is 0.368. The van der Waals surface area contributed by atoms with Crippen molar-refractivity contribution in [2.24, 2.45) is 0 Å². The molecule has 0 saturated heterocycles. The van der Waals surface area contributed by atoms with Crippen molar-refractivity contribution in [2.75, 3.05) is 5.75 Å². The molecule has 0 aliphatic heterocycles. The molecule has 15 heavy (non-hydrogen) atoms. The van der Waals surface area contributed by atoms with Crippen LogP contribution in [0.15, 0.2) is 30.2 Å². The zero-order valence-electron chi connectivity index (χ0n) is 7.79. The van der Waals surface area contributed by atoms with Gasteiger partial charge in [-0.05, 0) is 11.4 Å². The van der Waals surface area contributed by atoms with Gasteiger partial charge in [-0.1, -0.05) is 12.1 Å². The lowest BCUT2D eigenvalue weighted by Crippen LogP contribution is -1.99. The Kier molecular flexibility index (Phi) is 6.57. The lowest BCUT2D eigenvalue weighted by Gasteiger charge is -1.82. The fourth-order valence-corrected chi connectivity index (χ4v) is 1.47. The van der Waals surface area contributed by atoms with Gasteiger partial charge in [-0.3, -0.25) is 4.55 Å². The topological polar surface area (TPSA) is 71.4 Å². The van der Waals surface area contributed by atoms with Crippen LogP contribution in [0.2, 0.25) is 0 Å². The molecule has 0 aliphatic rings. The van der Waals surface area contributed by atoms with Crippen LogP contribution in [0.1, 0.15) is 4.88 Å². The summed E-state index contributed by atoms with van der Waals surface area (Å²) in [5, 5.41) is 1.92. The van der Waals surface area contributed by atoms with E-state index >= 15 is 0 Å². The van der Waals surface area contributed by atoms with Gasteiger partial charge in [-0.25, -0.2) is 4.79 Å². The highest BCUT2D eigenvalue weighted by molar-refractivity contribution is 7.85. The zero-order chi connectivity index (χ0) is 11.7. The van der Waals surface area contributed by atoms with Crippen LogP contribution in [0.5, 0.6) is 0 Å². The Bertz CT molecular complexity index is 425. The highest BCUT2D eigenvalue weighted by atomic mass is 32.2. The second-order valence-corrected chi connectivity index (χ2v) is 4.79. The number of thiophene rings is 1. The largest absolute Gasteiger partial charge is 0.285 e. The van der Waals surface area contributed by atoms with E-state index in [9.17, 15) is 13.2 Å². The molecule has 0 atom stereocenters. The number of hydrogen-bond acceptors (Lipinski definition) is 4. The van der Waals surface area contributed by atoms with Crippen molar-refractivity contribution in [3.05, 3.63) is 35.0 Å². The average Bonchev–Trinajstić information content (AvgIpc) is 2.56. The molecule has 4 nitrogen and oxygen atoms in total. The van der Waals surface area contributed by atoms with Gasteiger partial charge in [0, 0.05) is 11.0 Å². The SMILES string of the molecule is C=CCS(=O)(=O)O.O=C=Cc1cccs1. The van der Waals surface area contributed by atoms with E-state index in [-0.39, 0.29) is 5.75 Å². The summed E-state index contributed by atoms with van der Waals surface area (Å²) in [6.45, 7) is 3.11. The molecule has 1 N–H and O–H groups in total. The molecule has 0 fully saturated rings. The quantitative estimate of drug-likeness (QED) is 0.500. The van der Waals surface area contributed by atoms with E-state index in [0.29, 0.717) is 0 Å². The third-order valence-electron chi connectivity index (χ3n) is 1.07. The summed E-state index contributed by atoms with van der Waals surface area (Å²) in [5.74, 6) is 1.34. The van der Waals surface area contributed by atoms with Crippen LogP contribution in [0.3, 0.4) is 0 Å². The normalized spacial score (nSPS) is 9.40. The molecular formula is C9H10O4S2. The van der Waals surface area contributed by atoms with E-state index in [4.69, 9.17) is 4.55 Å². The fourth-order valence-electron chi connectivity index (χ4n) is 0.580. The standard InChI is InChI=1S/C6H4OS.C3H6O3S/c7-4-3-6-2-1-5-8-6;1-2-3-7(4,5)6/h1-3,5H;2H,1,3H2,(H,4,5,6). The van der Waals surface area contributed by atoms with E-state index in [1.165, 1.54) is 17.4 Å². The van der Waals surface area contributed by atoms with Gasteiger partial charge < -0.3 is 0 Å². The number of rotatable bonds is 3. The second-order valence-electron chi connectivity index (χ2n) is 2.31. The maximum atomic E-state index is 9.72. The first-order valence-corrected chi connectivity index (χ1v) is 6.29. The first-order valence-electron chi connectivity index (χ1n) is 3.80. The van der Waals surface area contributed by atoms with Crippen molar-refractivity contribution >= 4 is 33.5 Å². The summed E-state index contributed by atoms with van der Waals surface area (Å²) in [6, 6.07) is 3.77. The molecule has 0 unspecified atom stereocenters. The summed E-state index contributed by atoms with van der Waals surface area (Å²) in [6.07, 6.45) is 2.54. The van der Waals surface area contributed by atoms with Crippen LogP contribution >= 0.6 is 11.3 Å². The maximum absolute atomic E-state index is 9.72. The molecule has 0 radical (unpaired) electrons. The Hall–Kier alpha value is -1.20. The number of hydrogen-bond donors (Lipinski definition) is 1. The van der Waals surface area contributed by atoms with Crippen LogP contribution in [0, 0.1) is 0 Å². The van der Waals surface area contributed by atoms with Gasteiger partial charge in [-0.2, -0.15) is 8.42 Å². The van der Waals surface area contributed by atoms with Gasteiger partial charge >= 0.3 is 0 Å². The summed E-state index contributed by atoms with van der Waals surface area (Å²) in [4.78, 5) is 10.7. The predicted molar refractivity (Wildman–Crippen MR) is 61.1 cm³/mol. The summed E-state index contributed by atoms with van der Waals surface area (Å²) >= 11 is 1.53. The first-order chi connectivity index (χ1) is 6.99. The number of carbonyl (C=O) groups excluding carboxylic acids is 1. The van der Waals surface area contributed by atoms with Crippen LogP contribution in [0.4, 0.5) is 0 Å². The van der Waals surface area contributed by atoms with E-state index in [1.54, 1.807) is 5.94 Å². The predicted octanol–water partition coefficient (Wildman–Crippen LogP) is 1.65. The van der Waals surface area contributed by atoms with Crippen LogP contribution in [-0.2, 0) is 14.9 Å². The smallest absolute Gasteiger partial charge is 0.268 e. The Morgan fingerprint density at radius 3 is 2.53 bits per heavy atom. The Balaban J connectivity index is 0.000000265. The van der Waals surface area contributed by atoms with E-state index in [1.807, 2.05) is 17.5 Å². The summed E-state index contributed by atoms with van der Waals surface area (Å²) in [5.41, 5.74) is 0. The van der Waals surface area contributed by atoms with Gasteiger partial charge in [0.25, 0.3) is 10.1 Å². The van der Waals surface area contributed by atoms with Gasteiger partial charge in [0.15, 0.2) is 0 Å². The van der Waals surface area contributed by atoms with Crippen molar-refractivity contribution in [3.63, 3.8) is 0 Å². The summed E-state index contributed by atoms with van der Waals surface area (Å²) in [7, 11) is -3.79. The van der Waals surface area contributed by atoms with Gasteiger partial charge in [0.2, 0.25) is 0 Å². The highest BCUT2D eigenvalue weighted by Gasteiger charge is 1.95. The third kappa shape index (κ3) is 9.11. The molecule has 0 spiro atoms. The van der Waals surface area contributed by atoms with Crippen LogP contribution < -0.4 is 0 Å². The lowest BCUT2D eigenvalue weighted by molar-refractivity contribution is 0.487. The Morgan fingerprint density at radius 1 is 1.60 bits per heavy atom. The molecule has 1 aromatic heterocycles. The molecule has 1 aromatic rings. The van der Waals surface area contributed by atoms with E-state index in [2.05, 4.69) is 6.58 Å². The Labute approximate surface area is 92.3 Å². The van der Waals surface area contributed by atoms with Crippen molar-refractivity contribution in [1.82, 2.24) is 0 Å². The highest BCUT2D eigenvalue weighted by Crippen LogP contribution is 2.07. The van der Waals surface area contributed by atoms with E-state index in [0.717, 1.165) is 11.0 Å². The van der Waals surface area contributed by atoms with E-state index < -0.39 is 10.1 Å². The molecule has 0 bridgehead atoms. The minimum atomic E-state index is -3.79. The second kappa shape index (κ2) is 7.14. The minimum Gasteiger partial charge on any atom is -0.285 e. The molecule has 0 saturated carbocycles. The third-order valence-corrected chi connectivity index (χ3v) is 2.55. The monoisotopic (exact) mass is 246 g/mol. The van der Waals surface area contributed by atoms with Gasteiger partial charge in [-0.15, -0.1) is 17.9 Å². The molecule has 0 aliphatic carbocycles. The average molecular weight is 246 g/mol. The van der Waals surface area contributed by atoms with Crippen molar-refractivity contribution in [3.8, 4) is 0 Å². The molecule has 1 heterocycles. The molecule has 0 aromatic carbocycles. The van der Waals surface area contributed by atoms with Gasteiger partial charge in [0.1, 0.15) is 5.94 Å². The van der Waals surface area contributed by atoms with Crippen molar-refractivity contribution < 1.29 is 17.8 Å². The Morgan fingerprint density at radius 2 is 2.27 bits per heavy atom. The first kappa shape index (κ1) is 13.8. The molecular weight excluding hydrogens is 236 g/mol. The van der Waals surface area contributed by atoms with Gasteiger partial charge in [0.05, 0.1) is 5.75 Å². The van der Waals surface area contributed by atoms with Crippen LogP contribution in [0.25, 0.3) is 6.08 Å².